The zero-order valence-electron chi connectivity index (χ0n) is 8.95. The third kappa shape index (κ3) is 2.74. The quantitative estimate of drug-likeness (QED) is 0.680. The first-order chi connectivity index (χ1) is 6.55. The summed E-state index contributed by atoms with van der Waals surface area (Å²) in [7, 11) is 0. The van der Waals surface area contributed by atoms with Crippen LogP contribution < -0.4 is 0 Å². The van der Waals surface area contributed by atoms with E-state index >= 15 is 0 Å². The molecule has 78 valence electrons. The van der Waals surface area contributed by atoms with Gasteiger partial charge in [0.25, 0.3) is 0 Å². The summed E-state index contributed by atoms with van der Waals surface area (Å²) in [4.78, 5) is 2.12. The lowest BCUT2D eigenvalue weighted by Gasteiger charge is -2.36. The molecule has 14 heavy (non-hydrogen) atoms. The number of hydrogen-bond acceptors (Lipinski definition) is 3. The van der Waals surface area contributed by atoms with Crippen molar-refractivity contribution in [1.82, 2.24) is 4.90 Å². The Kier molecular flexibility index (Phi) is 3.54. The molecule has 0 saturated carbocycles. The fourth-order valence-corrected chi connectivity index (χ4v) is 1.85. The van der Waals surface area contributed by atoms with Crippen LogP contribution in [0.15, 0.2) is 11.8 Å². The predicted molar refractivity (Wildman–Crippen MR) is 55.4 cm³/mol. The molecule has 0 unspecified atom stereocenters. The molecular formula is C11H18N2O. The Hall–Kier alpha value is -1.01. The monoisotopic (exact) mass is 194 g/mol. The van der Waals surface area contributed by atoms with Gasteiger partial charge in [-0.05, 0) is 33.1 Å². The molecule has 0 radical (unpaired) electrons. The van der Waals surface area contributed by atoms with Crippen LogP contribution in [0.2, 0.25) is 0 Å². The van der Waals surface area contributed by atoms with Crippen LogP contribution in [0.4, 0.5) is 0 Å². The molecule has 0 spiro atoms. The minimum Gasteiger partial charge on any atom is -0.384 e. The largest absolute Gasteiger partial charge is 0.384 e. The number of hydrogen-bond donors (Lipinski definition) is 1. The van der Waals surface area contributed by atoms with E-state index in [0.717, 1.165) is 31.6 Å². The molecule has 1 rings (SSSR count). The number of nitriles is 1. The molecule has 0 aromatic heterocycles. The molecule has 1 saturated heterocycles. The first kappa shape index (κ1) is 11.1. The van der Waals surface area contributed by atoms with E-state index in [2.05, 4.69) is 4.90 Å². The van der Waals surface area contributed by atoms with Gasteiger partial charge >= 0.3 is 0 Å². The lowest BCUT2D eigenvalue weighted by Crippen LogP contribution is -2.39. The second-order valence-corrected chi connectivity index (χ2v) is 4.27. The van der Waals surface area contributed by atoms with Crippen molar-refractivity contribution >= 4 is 0 Å². The molecule has 0 aromatic rings. The third-order valence-corrected chi connectivity index (χ3v) is 2.52. The van der Waals surface area contributed by atoms with Gasteiger partial charge in [0.1, 0.15) is 0 Å². The third-order valence-electron chi connectivity index (χ3n) is 2.52. The second kappa shape index (κ2) is 4.47. The molecule has 0 atom stereocenters. The maximum atomic E-state index is 9.90. The van der Waals surface area contributed by atoms with Gasteiger partial charge < -0.3 is 10.0 Å². The van der Waals surface area contributed by atoms with E-state index in [1.165, 1.54) is 12.5 Å². The van der Waals surface area contributed by atoms with E-state index in [1.807, 2.05) is 6.07 Å². The molecule has 1 N–H and O–H groups in total. The van der Waals surface area contributed by atoms with Crippen LogP contribution in [0, 0.1) is 11.3 Å². The van der Waals surface area contributed by atoms with E-state index in [1.54, 1.807) is 13.8 Å². The van der Waals surface area contributed by atoms with Crippen LogP contribution in [0.25, 0.3) is 0 Å². The van der Waals surface area contributed by atoms with Gasteiger partial charge in [-0.15, -0.1) is 0 Å². The Bertz CT molecular complexity index is 251. The van der Waals surface area contributed by atoms with E-state index in [9.17, 15) is 5.11 Å². The summed E-state index contributed by atoms with van der Waals surface area (Å²) >= 11 is 0. The summed E-state index contributed by atoms with van der Waals surface area (Å²) in [6.07, 6.45) is 5.02. The number of likely N-dealkylation sites (tertiary alicyclic amines) is 1. The highest BCUT2D eigenvalue weighted by Gasteiger charge is 2.25. The van der Waals surface area contributed by atoms with E-state index < -0.39 is 5.60 Å². The number of rotatable bonds is 2. The Morgan fingerprint density at radius 3 is 2.36 bits per heavy atom. The average Bonchev–Trinajstić information content (AvgIpc) is 2.14. The maximum Gasteiger partial charge on any atom is 0.0993 e. The lowest BCUT2D eigenvalue weighted by atomic mass is 10.0. The molecule has 1 fully saturated rings. The molecule has 0 aromatic carbocycles. The van der Waals surface area contributed by atoms with Gasteiger partial charge in [-0.25, -0.2) is 0 Å². The number of nitrogens with zero attached hydrogens (tertiary/aromatic N) is 2. The summed E-state index contributed by atoms with van der Waals surface area (Å²) in [5, 5.41) is 18.6. The molecule has 1 aliphatic heterocycles. The van der Waals surface area contributed by atoms with Crippen LogP contribution in [0.1, 0.15) is 33.1 Å². The zero-order valence-corrected chi connectivity index (χ0v) is 8.95. The molecule has 0 amide bonds. The van der Waals surface area contributed by atoms with Gasteiger partial charge in [-0.2, -0.15) is 5.26 Å². The molecule has 1 aliphatic rings. The van der Waals surface area contributed by atoms with Crippen molar-refractivity contribution in [3.05, 3.63) is 11.8 Å². The molecule has 3 heteroatoms. The Balaban J connectivity index is 2.78. The van der Waals surface area contributed by atoms with Crippen molar-refractivity contribution in [3.63, 3.8) is 0 Å². The lowest BCUT2D eigenvalue weighted by molar-refractivity contribution is 0.0763. The number of aliphatic hydroxyl groups is 1. The Morgan fingerprint density at radius 2 is 1.93 bits per heavy atom. The maximum absolute atomic E-state index is 9.90. The smallest absolute Gasteiger partial charge is 0.0993 e. The van der Waals surface area contributed by atoms with Gasteiger partial charge in [0.05, 0.1) is 17.4 Å². The first-order valence-corrected chi connectivity index (χ1v) is 5.13. The van der Waals surface area contributed by atoms with Gasteiger partial charge in [0.2, 0.25) is 0 Å². The van der Waals surface area contributed by atoms with E-state index in [4.69, 9.17) is 5.26 Å². The summed E-state index contributed by atoms with van der Waals surface area (Å²) < 4.78 is 0. The SMILES string of the molecule is CC(C)(O)C(=CC#N)N1CCCCC1. The summed E-state index contributed by atoms with van der Waals surface area (Å²) in [5.41, 5.74) is -0.160. The fourth-order valence-electron chi connectivity index (χ4n) is 1.85. The molecular weight excluding hydrogens is 176 g/mol. The summed E-state index contributed by atoms with van der Waals surface area (Å²) in [6, 6.07) is 2.01. The van der Waals surface area contributed by atoms with Gasteiger partial charge in [-0.1, -0.05) is 0 Å². The van der Waals surface area contributed by atoms with Crippen LogP contribution in [0.5, 0.6) is 0 Å². The first-order valence-electron chi connectivity index (χ1n) is 5.13. The topological polar surface area (TPSA) is 47.3 Å². The van der Waals surface area contributed by atoms with E-state index in [-0.39, 0.29) is 0 Å². The van der Waals surface area contributed by atoms with Gasteiger partial charge in [0.15, 0.2) is 0 Å². The molecule has 0 aliphatic carbocycles. The summed E-state index contributed by atoms with van der Waals surface area (Å²) in [6.45, 7) is 5.37. The zero-order chi connectivity index (χ0) is 10.6. The molecule has 3 nitrogen and oxygen atoms in total. The van der Waals surface area contributed by atoms with E-state index in [0.29, 0.717) is 0 Å². The highest BCUT2D eigenvalue weighted by Crippen LogP contribution is 2.23. The van der Waals surface area contributed by atoms with Crippen molar-refractivity contribution in [2.24, 2.45) is 0 Å². The highest BCUT2D eigenvalue weighted by molar-refractivity contribution is 5.20. The van der Waals surface area contributed by atoms with Crippen molar-refractivity contribution in [2.45, 2.75) is 38.7 Å². The van der Waals surface area contributed by atoms with Crippen LogP contribution >= 0.6 is 0 Å². The molecule has 1 heterocycles. The standard InChI is InChI=1S/C11H18N2O/c1-11(2,14)10(6-7-12)13-8-4-3-5-9-13/h6,14H,3-5,8-9H2,1-2H3. The van der Waals surface area contributed by atoms with Crippen LogP contribution in [-0.2, 0) is 0 Å². The van der Waals surface area contributed by atoms with Gasteiger partial charge in [0, 0.05) is 19.2 Å². The fraction of sp³-hybridized carbons (Fsp3) is 0.727. The molecule has 0 bridgehead atoms. The minimum absolute atomic E-state index is 0.750. The highest BCUT2D eigenvalue weighted by atomic mass is 16.3. The second-order valence-electron chi connectivity index (χ2n) is 4.27. The average molecular weight is 194 g/mol. The summed E-state index contributed by atoms with van der Waals surface area (Å²) in [5.74, 6) is 0. The number of piperidine rings is 1. The van der Waals surface area contributed by atoms with Crippen LogP contribution in [0.3, 0.4) is 0 Å². The Morgan fingerprint density at radius 1 is 1.36 bits per heavy atom. The van der Waals surface area contributed by atoms with Crippen molar-refractivity contribution < 1.29 is 5.11 Å². The minimum atomic E-state index is -0.910. The predicted octanol–water partition coefficient (Wildman–Crippen LogP) is 1.65. The Labute approximate surface area is 85.6 Å². The van der Waals surface area contributed by atoms with Crippen molar-refractivity contribution in [3.8, 4) is 6.07 Å². The van der Waals surface area contributed by atoms with Crippen molar-refractivity contribution in [1.29, 1.82) is 5.26 Å². The van der Waals surface area contributed by atoms with Crippen LogP contribution in [-0.4, -0.2) is 28.7 Å². The normalized spacial score (nSPS) is 19.3. The van der Waals surface area contributed by atoms with Gasteiger partial charge in [-0.3, -0.25) is 0 Å². The van der Waals surface area contributed by atoms with Crippen molar-refractivity contribution in [2.75, 3.05) is 13.1 Å². The number of allylic oxidation sites excluding steroid dienone is 1.